The molecule has 1 saturated heterocycles. The van der Waals surface area contributed by atoms with E-state index in [1.54, 1.807) is 6.08 Å². The number of cyclic esters (lactones) is 1. The van der Waals surface area contributed by atoms with Crippen molar-refractivity contribution in [2.45, 2.75) is 82.0 Å². The second-order valence-electron chi connectivity index (χ2n) is 10.9. The summed E-state index contributed by atoms with van der Waals surface area (Å²) in [6.45, 7) is 2.71. The molecule has 2 heterocycles. The number of carbonyl (C=O) groups excluding carboxylic acids is 2. The van der Waals surface area contributed by atoms with E-state index in [0.29, 0.717) is 38.2 Å². The number of carbonyl (C=O) groups is 2. The van der Waals surface area contributed by atoms with Crippen molar-refractivity contribution in [1.29, 1.82) is 0 Å². The van der Waals surface area contributed by atoms with Crippen LogP contribution in [0, 0.1) is 28.6 Å². The zero-order chi connectivity index (χ0) is 20.2. The number of aliphatic hydroxyl groups excluding tert-OH is 1. The molecule has 0 aromatic rings. The second-order valence-corrected chi connectivity index (χ2v) is 10.9. The molecule has 2 aliphatic heterocycles. The van der Waals surface area contributed by atoms with E-state index in [9.17, 15) is 19.8 Å². The number of esters is 2. The maximum absolute atomic E-state index is 13.4. The predicted molar refractivity (Wildman–Crippen MR) is 101 cm³/mol. The van der Waals surface area contributed by atoms with Gasteiger partial charge in [-0.1, -0.05) is 6.92 Å². The number of rotatable bonds is 1. The summed E-state index contributed by atoms with van der Waals surface area (Å²) in [4.78, 5) is 25.1. The van der Waals surface area contributed by atoms with Crippen LogP contribution in [0.2, 0.25) is 0 Å². The van der Waals surface area contributed by atoms with Crippen LogP contribution < -0.4 is 0 Å². The minimum atomic E-state index is -1.15. The highest BCUT2D eigenvalue weighted by atomic mass is 16.6. The highest BCUT2D eigenvalue weighted by Gasteiger charge is 2.80. The van der Waals surface area contributed by atoms with E-state index in [4.69, 9.17) is 9.47 Å². The Bertz CT molecular complexity index is 835. The SMILES string of the molecule is C[C@]12CC[C@@H]3[C@]4(CC[C@@]5(O)C[C@H](O)CC[C@@]35C(=O)O4)[C@H]1CC[C@H]2C1=CC(=O)OC1. The van der Waals surface area contributed by atoms with E-state index >= 15 is 0 Å². The number of hydrogen-bond donors (Lipinski definition) is 2. The Morgan fingerprint density at radius 1 is 1.03 bits per heavy atom. The predicted octanol–water partition coefficient (Wildman–Crippen LogP) is 2.26. The van der Waals surface area contributed by atoms with Crippen molar-refractivity contribution in [3.05, 3.63) is 11.6 Å². The standard InChI is InChI=1S/C23H30O6/c1-20-6-5-17-22-7-4-14(24)11-21(22,27)8-9-23(17,29-19(22)26)16(20)3-2-15(20)13-10-18(25)28-12-13/h10,14-17,24,27H,2-9,11-12H2,1H3/t14-,15+,16+,17+,20-,21-,22+,23+/m1/s1. The van der Waals surface area contributed by atoms with Crippen LogP contribution in [0.5, 0.6) is 0 Å². The van der Waals surface area contributed by atoms with E-state index in [0.717, 1.165) is 31.3 Å². The number of ether oxygens (including phenoxy) is 2. The van der Waals surface area contributed by atoms with Gasteiger partial charge < -0.3 is 19.7 Å². The van der Waals surface area contributed by atoms with Crippen molar-refractivity contribution in [3.8, 4) is 0 Å². The fourth-order valence-corrected chi connectivity index (χ4v) is 8.96. The molecule has 0 amide bonds. The normalized spacial score (nSPS) is 55.5. The van der Waals surface area contributed by atoms with Gasteiger partial charge in [-0.15, -0.1) is 0 Å². The molecule has 6 rings (SSSR count). The minimum absolute atomic E-state index is 0.0221. The van der Waals surface area contributed by atoms with Gasteiger partial charge in [-0.3, -0.25) is 4.79 Å². The first-order chi connectivity index (χ1) is 13.8. The zero-order valence-electron chi connectivity index (χ0n) is 17.0. The molecule has 29 heavy (non-hydrogen) atoms. The summed E-state index contributed by atoms with van der Waals surface area (Å²) >= 11 is 0. The molecule has 2 bridgehead atoms. The molecule has 4 aliphatic carbocycles. The Morgan fingerprint density at radius 2 is 1.86 bits per heavy atom. The summed E-state index contributed by atoms with van der Waals surface area (Å²) in [7, 11) is 0. The summed E-state index contributed by atoms with van der Waals surface area (Å²) in [5.41, 5.74) is -1.42. The van der Waals surface area contributed by atoms with Crippen molar-refractivity contribution in [2.24, 2.45) is 28.6 Å². The van der Waals surface area contributed by atoms with Gasteiger partial charge in [0.05, 0.1) is 11.7 Å². The summed E-state index contributed by atoms with van der Waals surface area (Å²) < 4.78 is 11.6. The monoisotopic (exact) mass is 402 g/mol. The Morgan fingerprint density at radius 3 is 2.62 bits per heavy atom. The molecule has 6 heteroatoms. The molecule has 0 unspecified atom stereocenters. The van der Waals surface area contributed by atoms with E-state index < -0.39 is 22.7 Å². The van der Waals surface area contributed by atoms with Gasteiger partial charge in [0.15, 0.2) is 0 Å². The number of hydrogen-bond acceptors (Lipinski definition) is 6. The third-order valence-corrected chi connectivity index (χ3v) is 10.1. The van der Waals surface area contributed by atoms with Gasteiger partial charge in [-0.2, -0.15) is 0 Å². The molecular weight excluding hydrogens is 372 g/mol. The fraction of sp³-hybridized carbons (Fsp3) is 0.826. The number of aliphatic hydroxyl groups is 2. The molecular formula is C23H30O6. The van der Waals surface area contributed by atoms with E-state index in [1.807, 2.05) is 0 Å². The van der Waals surface area contributed by atoms with Gasteiger partial charge in [0.25, 0.3) is 0 Å². The molecule has 6 nitrogen and oxygen atoms in total. The third-order valence-electron chi connectivity index (χ3n) is 10.1. The summed E-state index contributed by atoms with van der Waals surface area (Å²) in [6, 6.07) is 0. The molecule has 0 aromatic heterocycles. The lowest BCUT2D eigenvalue weighted by molar-refractivity contribution is -0.214. The van der Waals surface area contributed by atoms with Crippen LogP contribution in [0.1, 0.15) is 64.7 Å². The topological polar surface area (TPSA) is 93.1 Å². The maximum atomic E-state index is 13.4. The first-order valence-corrected chi connectivity index (χ1v) is 11.3. The smallest absolute Gasteiger partial charge is 0.331 e. The van der Waals surface area contributed by atoms with E-state index in [-0.39, 0.29) is 35.6 Å². The van der Waals surface area contributed by atoms with Crippen LogP contribution in [0.15, 0.2) is 11.6 Å². The Hall–Kier alpha value is -1.40. The molecule has 0 aromatic carbocycles. The summed E-state index contributed by atoms with van der Waals surface area (Å²) in [6.07, 6.45) is 7.49. The van der Waals surface area contributed by atoms with Crippen molar-refractivity contribution < 1.29 is 29.3 Å². The Balaban J connectivity index is 1.41. The highest BCUT2D eigenvalue weighted by molar-refractivity contribution is 5.85. The van der Waals surface area contributed by atoms with Gasteiger partial charge in [-0.05, 0) is 68.3 Å². The Kier molecular flexibility index (Phi) is 3.45. The van der Waals surface area contributed by atoms with E-state index in [1.165, 1.54) is 0 Å². The van der Waals surface area contributed by atoms with Gasteiger partial charge in [0.1, 0.15) is 17.6 Å². The quantitative estimate of drug-likeness (QED) is 0.654. The molecule has 5 fully saturated rings. The zero-order valence-corrected chi connectivity index (χ0v) is 17.0. The molecule has 4 saturated carbocycles. The van der Waals surface area contributed by atoms with Crippen LogP contribution in [0.4, 0.5) is 0 Å². The van der Waals surface area contributed by atoms with Gasteiger partial charge in [-0.25, -0.2) is 4.79 Å². The first kappa shape index (κ1) is 18.4. The van der Waals surface area contributed by atoms with Crippen molar-refractivity contribution in [1.82, 2.24) is 0 Å². The van der Waals surface area contributed by atoms with Crippen molar-refractivity contribution >= 4 is 11.9 Å². The van der Waals surface area contributed by atoms with Gasteiger partial charge in [0.2, 0.25) is 0 Å². The lowest BCUT2D eigenvalue weighted by Crippen LogP contribution is -2.67. The summed E-state index contributed by atoms with van der Waals surface area (Å²) in [5.74, 6) is 0.101. The molecule has 0 radical (unpaired) electrons. The van der Waals surface area contributed by atoms with Crippen molar-refractivity contribution in [3.63, 3.8) is 0 Å². The van der Waals surface area contributed by atoms with E-state index in [2.05, 4.69) is 6.92 Å². The van der Waals surface area contributed by atoms with Crippen LogP contribution in [-0.2, 0) is 19.1 Å². The average molecular weight is 402 g/mol. The lowest BCUT2D eigenvalue weighted by Gasteiger charge is -2.61. The van der Waals surface area contributed by atoms with Crippen LogP contribution >= 0.6 is 0 Å². The van der Waals surface area contributed by atoms with Gasteiger partial charge in [0, 0.05) is 24.3 Å². The molecule has 158 valence electrons. The minimum Gasteiger partial charge on any atom is -0.458 e. The Labute approximate surface area is 170 Å². The second kappa shape index (κ2) is 5.44. The van der Waals surface area contributed by atoms with Crippen LogP contribution in [0.3, 0.4) is 0 Å². The largest absolute Gasteiger partial charge is 0.458 e. The lowest BCUT2D eigenvalue weighted by atomic mass is 9.42. The fourth-order valence-electron chi connectivity index (χ4n) is 8.96. The van der Waals surface area contributed by atoms with Crippen LogP contribution in [-0.4, -0.2) is 46.1 Å². The molecule has 6 aliphatic rings. The average Bonchev–Trinajstić information content (AvgIpc) is 3.29. The van der Waals surface area contributed by atoms with Gasteiger partial charge >= 0.3 is 11.9 Å². The highest BCUT2D eigenvalue weighted by Crippen LogP contribution is 2.74. The summed E-state index contributed by atoms with van der Waals surface area (Å²) in [5, 5.41) is 21.8. The number of fused-ring (bicyclic) bond motifs is 1. The van der Waals surface area contributed by atoms with Crippen LogP contribution in [0.25, 0.3) is 0 Å². The molecule has 1 spiro atoms. The van der Waals surface area contributed by atoms with Crippen molar-refractivity contribution in [2.75, 3.05) is 6.61 Å². The molecule has 8 atom stereocenters. The first-order valence-electron chi connectivity index (χ1n) is 11.3. The third kappa shape index (κ3) is 1.96. The maximum Gasteiger partial charge on any atom is 0.331 e. The molecule has 2 N–H and O–H groups in total.